The second-order valence-corrected chi connectivity index (χ2v) is 7.65. The van der Waals surface area contributed by atoms with Gasteiger partial charge in [0.25, 0.3) is 0 Å². The van der Waals surface area contributed by atoms with Gasteiger partial charge in [-0.05, 0) is 38.1 Å². The number of nitrogens with zero attached hydrogens (tertiary/aromatic N) is 3. The molecule has 3 heterocycles. The smallest absolute Gasteiger partial charge is 0.320 e. The molecule has 1 amide bonds. The van der Waals surface area contributed by atoms with Gasteiger partial charge in [0.15, 0.2) is 11.5 Å². The van der Waals surface area contributed by atoms with Crippen LogP contribution in [0.5, 0.6) is 17.4 Å². The van der Waals surface area contributed by atoms with Crippen LogP contribution in [-0.2, 0) is 4.79 Å². The van der Waals surface area contributed by atoms with E-state index in [4.69, 9.17) is 14.2 Å². The van der Waals surface area contributed by atoms with E-state index < -0.39 is 12.7 Å². The zero-order valence-electron chi connectivity index (χ0n) is 18.2. The molecule has 1 aliphatic heterocycles. The fourth-order valence-electron chi connectivity index (χ4n) is 3.90. The number of carbonyl (C=O) groups is 1. The van der Waals surface area contributed by atoms with E-state index in [2.05, 4.69) is 15.3 Å². The van der Waals surface area contributed by atoms with Crippen LogP contribution in [0, 0.1) is 12.8 Å². The molecule has 2 aromatic heterocycles. The molecular weight excluding hydrogens is 422 g/mol. The molecule has 10 heteroatoms. The average molecular weight is 446 g/mol. The quantitative estimate of drug-likeness (QED) is 0.595. The summed E-state index contributed by atoms with van der Waals surface area (Å²) in [4.78, 5) is 20.5. The first kappa shape index (κ1) is 21.8. The lowest BCUT2D eigenvalue weighted by Gasteiger charge is -2.20. The zero-order valence-corrected chi connectivity index (χ0v) is 18.2. The van der Waals surface area contributed by atoms with E-state index in [0.717, 1.165) is 4.57 Å². The van der Waals surface area contributed by atoms with Gasteiger partial charge in [-0.1, -0.05) is 0 Å². The normalized spacial score (nSPS) is 17.0. The monoisotopic (exact) mass is 446 g/mol. The van der Waals surface area contributed by atoms with Gasteiger partial charge in [0.05, 0.1) is 25.4 Å². The summed E-state index contributed by atoms with van der Waals surface area (Å²) < 4.78 is 45.2. The maximum atomic E-state index is 13.8. The van der Waals surface area contributed by atoms with Gasteiger partial charge in [0, 0.05) is 24.4 Å². The third kappa shape index (κ3) is 3.92. The van der Waals surface area contributed by atoms with E-state index in [-0.39, 0.29) is 29.0 Å². The van der Waals surface area contributed by atoms with Gasteiger partial charge in [-0.15, -0.1) is 0 Å². The number of imidazole rings is 1. The highest BCUT2D eigenvalue weighted by Crippen LogP contribution is 2.37. The Morgan fingerprint density at radius 3 is 2.53 bits per heavy atom. The highest BCUT2D eigenvalue weighted by atomic mass is 19.3. The summed E-state index contributed by atoms with van der Waals surface area (Å²) in [7, 11) is 3.07. The van der Waals surface area contributed by atoms with Gasteiger partial charge < -0.3 is 19.5 Å². The van der Waals surface area contributed by atoms with Gasteiger partial charge in [-0.2, -0.15) is 8.78 Å². The Bertz CT molecular complexity index is 1160. The van der Waals surface area contributed by atoms with Crippen LogP contribution in [0.25, 0.3) is 22.3 Å². The molecule has 3 aromatic rings. The van der Waals surface area contributed by atoms with Gasteiger partial charge in [0.1, 0.15) is 17.4 Å². The minimum atomic E-state index is -2.80. The predicted octanol–water partition coefficient (Wildman–Crippen LogP) is 3.72. The van der Waals surface area contributed by atoms with Crippen molar-refractivity contribution in [2.75, 3.05) is 20.8 Å². The highest BCUT2D eigenvalue weighted by Gasteiger charge is 2.30. The standard InChI is InChI=1S/C22H24F2N4O4/c1-11(14-8-19(29)25-10-14)32-21-20-16(26-12(2)28(20)22(23)24)9-15(27-21)13-5-6-17(30-3)18(7-13)31-4/h5-7,9,11,14,22H,8,10H2,1-4H3,(H,25,29). The van der Waals surface area contributed by atoms with Crippen molar-refractivity contribution >= 4 is 16.9 Å². The van der Waals surface area contributed by atoms with E-state index in [1.165, 1.54) is 21.1 Å². The summed E-state index contributed by atoms with van der Waals surface area (Å²) in [6, 6.07) is 6.92. The number of ether oxygens (including phenoxy) is 3. The number of aromatic nitrogens is 3. The van der Waals surface area contributed by atoms with Crippen molar-refractivity contribution in [3.8, 4) is 28.6 Å². The number of fused-ring (bicyclic) bond motifs is 1. The van der Waals surface area contributed by atoms with Crippen molar-refractivity contribution in [1.82, 2.24) is 19.9 Å². The first-order valence-electron chi connectivity index (χ1n) is 10.2. The largest absolute Gasteiger partial charge is 0.493 e. The molecule has 1 saturated heterocycles. The molecule has 170 valence electrons. The Balaban J connectivity index is 1.83. The van der Waals surface area contributed by atoms with Gasteiger partial charge in [0.2, 0.25) is 11.8 Å². The van der Waals surface area contributed by atoms with Crippen molar-refractivity contribution in [2.24, 2.45) is 5.92 Å². The summed E-state index contributed by atoms with van der Waals surface area (Å²) in [5.74, 6) is 1.10. The van der Waals surface area contributed by atoms with Gasteiger partial charge in [-0.3, -0.25) is 9.36 Å². The molecule has 0 radical (unpaired) electrons. The van der Waals surface area contributed by atoms with Crippen LogP contribution < -0.4 is 19.5 Å². The number of aryl methyl sites for hydroxylation is 1. The summed E-state index contributed by atoms with van der Waals surface area (Å²) >= 11 is 0. The van der Waals surface area contributed by atoms with E-state index in [0.29, 0.717) is 41.2 Å². The van der Waals surface area contributed by atoms with Crippen LogP contribution in [0.2, 0.25) is 0 Å². The number of alkyl halides is 2. The predicted molar refractivity (Wildman–Crippen MR) is 113 cm³/mol. The number of amides is 1. The van der Waals surface area contributed by atoms with Crippen molar-refractivity contribution < 1.29 is 27.8 Å². The Kier molecular flexibility index (Phi) is 5.86. The Morgan fingerprint density at radius 1 is 1.16 bits per heavy atom. The van der Waals surface area contributed by atoms with Gasteiger partial charge >= 0.3 is 6.55 Å². The molecule has 8 nitrogen and oxygen atoms in total. The minimum Gasteiger partial charge on any atom is -0.493 e. The second kappa shape index (κ2) is 8.60. The molecule has 2 unspecified atom stereocenters. The molecule has 1 fully saturated rings. The van der Waals surface area contributed by atoms with Crippen LogP contribution in [0.15, 0.2) is 24.3 Å². The fourth-order valence-corrected chi connectivity index (χ4v) is 3.90. The maximum Gasteiger partial charge on any atom is 0.320 e. The molecule has 0 spiro atoms. The highest BCUT2D eigenvalue weighted by molar-refractivity contribution is 5.85. The number of halogens is 2. The average Bonchev–Trinajstić information content (AvgIpc) is 3.35. The van der Waals surface area contributed by atoms with Crippen molar-refractivity contribution in [1.29, 1.82) is 0 Å². The Hall–Kier alpha value is -3.43. The lowest BCUT2D eigenvalue weighted by molar-refractivity contribution is -0.119. The summed E-state index contributed by atoms with van der Waals surface area (Å²) in [6.07, 6.45) is -0.112. The number of hydrogen-bond acceptors (Lipinski definition) is 6. The summed E-state index contributed by atoms with van der Waals surface area (Å²) in [5, 5.41) is 2.77. The number of rotatable bonds is 7. The minimum absolute atomic E-state index is 0.0417. The molecule has 0 aliphatic carbocycles. The van der Waals surface area contributed by atoms with E-state index in [1.807, 2.05) is 0 Å². The number of hydrogen-bond donors (Lipinski definition) is 1. The molecular formula is C22H24F2N4O4. The van der Waals surface area contributed by atoms with Crippen molar-refractivity contribution in [2.45, 2.75) is 32.9 Å². The van der Waals surface area contributed by atoms with Crippen molar-refractivity contribution in [3.63, 3.8) is 0 Å². The summed E-state index contributed by atoms with van der Waals surface area (Å²) in [6.45, 7) is 0.971. The maximum absolute atomic E-state index is 13.8. The number of methoxy groups -OCH3 is 2. The number of pyridine rings is 1. The lowest BCUT2D eigenvalue weighted by atomic mass is 10.0. The Morgan fingerprint density at radius 2 is 1.91 bits per heavy atom. The van der Waals surface area contributed by atoms with E-state index in [9.17, 15) is 13.6 Å². The molecule has 0 saturated carbocycles. The van der Waals surface area contributed by atoms with Crippen LogP contribution in [0.3, 0.4) is 0 Å². The summed E-state index contributed by atoms with van der Waals surface area (Å²) in [5.41, 5.74) is 1.63. The SMILES string of the molecule is COc1ccc(-c2cc3nc(C)n(C(F)F)c3c(OC(C)C3CNC(=O)C3)n2)cc1OC. The third-order valence-corrected chi connectivity index (χ3v) is 5.66. The van der Waals surface area contributed by atoms with Crippen LogP contribution in [-0.4, -0.2) is 47.3 Å². The van der Waals surface area contributed by atoms with Crippen LogP contribution >= 0.6 is 0 Å². The van der Waals surface area contributed by atoms with Crippen molar-refractivity contribution in [3.05, 3.63) is 30.1 Å². The molecule has 1 aliphatic rings. The molecule has 2 atom stereocenters. The second-order valence-electron chi connectivity index (χ2n) is 7.65. The van der Waals surface area contributed by atoms with Crippen LogP contribution in [0.1, 0.15) is 25.7 Å². The third-order valence-electron chi connectivity index (χ3n) is 5.66. The number of benzene rings is 1. The lowest BCUT2D eigenvalue weighted by Crippen LogP contribution is -2.26. The molecule has 1 N–H and O–H groups in total. The zero-order chi connectivity index (χ0) is 23.0. The molecule has 4 rings (SSSR count). The topological polar surface area (TPSA) is 87.5 Å². The Labute approximate surface area is 183 Å². The van der Waals surface area contributed by atoms with E-state index >= 15 is 0 Å². The molecule has 0 bridgehead atoms. The molecule has 1 aromatic carbocycles. The van der Waals surface area contributed by atoms with E-state index in [1.54, 1.807) is 31.2 Å². The van der Waals surface area contributed by atoms with Crippen LogP contribution in [0.4, 0.5) is 8.78 Å². The number of carbonyl (C=O) groups excluding carboxylic acids is 1. The molecule has 32 heavy (non-hydrogen) atoms. The number of nitrogens with one attached hydrogen (secondary N) is 1. The van der Waals surface area contributed by atoms with Gasteiger partial charge in [-0.25, -0.2) is 9.97 Å². The first-order valence-corrected chi connectivity index (χ1v) is 10.2. The fraction of sp³-hybridized carbons (Fsp3) is 0.409. The first-order chi connectivity index (χ1) is 15.3.